The third-order valence-electron chi connectivity index (χ3n) is 4.00. The van der Waals surface area contributed by atoms with E-state index in [1.54, 1.807) is 20.3 Å². The molecule has 3 rings (SSSR count). The van der Waals surface area contributed by atoms with Crippen LogP contribution < -0.4 is 14.2 Å². The van der Waals surface area contributed by atoms with Gasteiger partial charge < -0.3 is 14.2 Å². The van der Waals surface area contributed by atoms with E-state index in [0.29, 0.717) is 17.4 Å². The van der Waals surface area contributed by atoms with E-state index in [9.17, 15) is 5.26 Å². The van der Waals surface area contributed by atoms with Crippen LogP contribution in [0.15, 0.2) is 18.2 Å². The number of aryl methyl sites for hydroxylation is 1. The van der Waals surface area contributed by atoms with Crippen molar-refractivity contribution in [1.82, 2.24) is 10.2 Å². The zero-order valence-corrected chi connectivity index (χ0v) is 13.0. The molecular formula is C16H16N4O3. The van der Waals surface area contributed by atoms with Crippen LogP contribution in [-0.4, -0.2) is 30.3 Å². The standard InChI is InChI=1S/C16H16N4O3/c1-8-12-13(9-5-4-6-11(21-2)14(9)22-3)10(7-17)15(18)23-16(12)20-19-8/h4-6,10,13,18H,1-3H3,(H,19,20). The highest BCUT2D eigenvalue weighted by molar-refractivity contribution is 5.85. The highest BCUT2D eigenvalue weighted by Crippen LogP contribution is 2.47. The number of rotatable bonds is 3. The number of para-hydroxylation sites is 1. The minimum Gasteiger partial charge on any atom is -0.493 e. The summed E-state index contributed by atoms with van der Waals surface area (Å²) in [5.41, 5.74) is 2.32. The summed E-state index contributed by atoms with van der Waals surface area (Å²) in [7, 11) is 3.11. The topological polar surface area (TPSA) is 104 Å². The van der Waals surface area contributed by atoms with Crippen LogP contribution >= 0.6 is 0 Å². The molecule has 23 heavy (non-hydrogen) atoms. The van der Waals surface area contributed by atoms with E-state index in [4.69, 9.17) is 19.6 Å². The maximum absolute atomic E-state index is 9.56. The van der Waals surface area contributed by atoms with Gasteiger partial charge in [-0.25, -0.2) is 0 Å². The summed E-state index contributed by atoms with van der Waals surface area (Å²) in [5.74, 6) is 0.138. The van der Waals surface area contributed by atoms with Crippen LogP contribution in [0.5, 0.6) is 17.4 Å². The molecule has 0 radical (unpaired) electrons. The lowest BCUT2D eigenvalue weighted by Crippen LogP contribution is -2.31. The number of nitrogens with one attached hydrogen (secondary N) is 2. The van der Waals surface area contributed by atoms with Gasteiger partial charge in [0.05, 0.1) is 20.3 Å². The van der Waals surface area contributed by atoms with Crippen molar-refractivity contribution in [1.29, 1.82) is 10.7 Å². The predicted octanol–water partition coefficient (Wildman–Crippen LogP) is 2.38. The van der Waals surface area contributed by atoms with Crippen molar-refractivity contribution >= 4 is 5.90 Å². The smallest absolute Gasteiger partial charge is 0.243 e. The van der Waals surface area contributed by atoms with Crippen LogP contribution in [-0.2, 0) is 0 Å². The van der Waals surface area contributed by atoms with E-state index in [2.05, 4.69) is 16.3 Å². The van der Waals surface area contributed by atoms with Crippen molar-refractivity contribution in [3.05, 3.63) is 35.0 Å². The van der Waals surface area contributed by atoms with E-state index >= 15 is 0 Å². The molecule has 1 aliphatic heterocycles. The second-order valence-corrected chi connectivity index (χ2v) is 5.20. The number of H-pyrrole nitrogens is 1. The van der Waals surface area contributed by atoms with Gasteiger partial charge in [-0.05, 0) is 13.0 Å². The number of hydrogen-bond donors (Lipinski definition) is 2. The third kappa shape index (κ3) is 2.19. The number of benzene rings is 1. The Bertz CT molecular complexity index is 806. The van der Waals surface area contributed by atoms with Crippen molar-refractivity contribution in [3.8, 4) is 23.4 Å². The van der Waals surface area contributed by atoms with Crippen LogP contribution in [0.1, 0.15) is 22.7 Å². The van der Waals surface area contributed by atoms with Gasteiger partial charge in [0.15, 0.2) is 11.5 Å². The van der Waals surface area contributed by atoms with E-state index in [1.807, 2.05) is 19.1 Å². The third-order valence-corrected chi connectivity index (χ3v) is 4.00. The molecule has 118 valence electrons. The van der Waals surface area contributed by atoms with Crippen molar-refractivity contribution in [2.24, 2.45) is 5.92 Å². The van der Waals surface area contributed by atoms with Crippen molar-refractivity contribution < 1.29 is 14.2 Å². The van der Waals surface area contributed by atoms with Gasteiger partial charge in [0.2, 0.25) is 11.8 Å². The van der Waals surface area contributed by atoms with Crippen LogP contribution in [0.4, 0.5) is 0 Å². The van der Waals surface area contributed by atoms with Crippen LogP contribution in [0, 0.1) is 29.6 Å². The Balaban J connectivity index is 2.27. The number of fused-ring (bicyclic) bond motifs is 1. The Morgan fingerprint density at radius 3 is 2.78 bits per heavy atom. The molecule has 0 saturated heterocycles. The lowest BCUT2D eigenvalue weighted by molar-refractivity contribution is 0.347. The maximum Gasteiger partial charge on any atom is 0.243 e. The van der Waals surface area contributed by atoms with Gasteiger partial charge in [0.25, 0.3) is 0 Å². The molecule has 0 fully saturated rings. The number of methoxy groups -OCH3 is 2. The SMILES string of the molecule is COc1cccc(C2c3c(n[nH]c3C)OC(=N)C2C#N)c1OC. The summed E-state index contributed by atoms with van der Waals surface area (Å²) in [5, 5.41) is 24.5. The molecule has 1 aliphatic rings. The predicted molar refractivity (Wildman–Crippen MR) is 82.2 cm³/mol. The monoisotopic (exact) mass is 312 g/mol. The molecule has 0 amide bonds. The van der Waals surface area contributed by atoms with Gasteiger partial charge in [0, 0.05) is 22.7 Å². The molecule has 2 aromatic rings. The molecule has 2 atom stereocenters. The quantitative estimate of drug-likeness (QED) is 0.905. The zero-order chi connectivity index (χ0) is 16.6. The summed E-state index contributed by atoms with van der Waals surface area (Å²) < 4.78 is 16.2. The number of nitrogens with zero attached hydrogens (tertiary/aromatic N) is 2. The molecule has 2 N–H and O–H groups in total. The molecule has 0 bridgehead atoms. The van der Waals surface area contributed by atoms with E-state index in [0.717, 1.165) is 16.8 Å². The van der Waals surface area contributed by atoms with E-state index in [1.165, 1.54) is 0 Å². The van der Waals surface area contributed by atoms with Crippen molar-refractivity contribution in [2.45, 2.75) is 12.8 Å². The summed E-state index contributed by atoms with van der Waals surface area (Å²) in [4.78, 5) is 0. The average molecular weight is 312 g/mol. The maximum atomic E-state index is 9.56. The minimum atomic E-state index is -0.764. The first-order valence-electron chi connectivity index (χ1n) is 7.04. The van der Waals surface area contributed by atoms with E-state index < -0.39 is 11.8 Å². The first-order chi connectivity index (χ1) is 11.1. The molecular weight excluding hydrogens is 296 g/mol. The van der Waals surface area contributed by atoms with Gasteiger partial charge in [-0.15, -0.1) is 5.10 Å². The molecule has 0 spiro atoms. The summed E-state index contributed by atoms with van der Waals surface area (Å²) >= 11 is 0. The van der Waals surface area contributed by atoms with Crippen molar-refractivity contribution in [3.63, 3.8) is 0 Å². The highest BCUT2D eigenvalue weighted by Gasteiger charge is 2.41. The number of aromatic nitrogens is 2. The van der Waals surface area contributed by atoms with Gasteiger partial charge in [-0.2, -0.15) is 5.26 Å². The van der Waals surface area contributed by atoms with Crippen molar-refractivity contribution in [2.75, 3.05) is 14.2 Å². The molecule has 1 aromatic heterocycles. The highest BCUT2D eigenvalue weighted by atomic mass is 16.5. The van der Waals surface area contributed by atoms with Crippen LogP contribution in [0.25, 0.3) is 0 Å². The lowest BCUT2D eigenvalue weighted by Gasteiger charge is -2.29. The Labute approximate surface area is 133 Å². The Kier molecular flexibility index (Phi) is 3.66. The zero-order valence-electron chi connectivity index (χ0n) is 13.0. The van der Waals surface area contributed by atoms with Gasteiger partial charge >= 0.3 is 0 Å². The molecule has 7 nitrogen and oxygen atoms in total. The van der Waals surface area contributed by atoms with Crippen LogP contribution in [0.3, 0.4) is 0 Å². The molecule has 0 aliphatic carbocycles. The normalized spacial score (nSPS) is 19.5. The lowest BCUT2D eigenvalue weighted by atomic mass is 9.79. The molecule has 2 unspecified atom stereocenters. The van der Waals surface area contributed by atoms with Gasteiger partial charge in [-0.1, -0.05) is 12.1 Å². The summed E-state index contributed by atoms with van der Waals surface area (Å²) in [6, 6.07) is 7.65. The minimum absolute atomic E-state index is 0.124. The number of hydrogen-bond acceptors (Lipinski definition) is 6. The van der Waals surface area contributed by atoms with Gasteiger partial charge in [-0.3, -0.25) is 10.5 Å². The number of ether oxygens (including phenoxy) is 3. The van der Waals surface area contributed by atoms with E-state index in [-0.39, 0.29) is 5.90 Å². The number of aromatic amines is 1. The van der Waals surface area contributed by atoms with Gasteiger partial charge in [0.1, 0.15) is 5.92 Å². The summed E-state index contributed by atoms with van der Waals surface area (Å²) in [6.45, 7) is 1.86. The number of nitriles is 1. The Morgan fingerprint density at radius 1 is 1.35 bits per heavy atom. The average Bonchev–Trinajstić information content (AvgIpc) is 2.93. The van der Waals surface area contributed by atoms with Crippen LogP contribution in [0.2, 0.25) is 0 Å². The molecule has 1 aromatic carbocycles. The molecule has 0 saturated carbocycles. The second-order valence-electron chi connectivity index (χ2n) is 5.20. The largest absolute Gasteiger partial charge is 0.493 e. The molecule has 2 heterocycles. The second kappa shape index (κ2) is 5.65. The summed E-state index contributed by atoms with van der Waals surface area (Å²) in [6.07, 6.45) is 0. The fourth-order valence-corrected chi connectivity index (χ4v) is 2.97. The molecule has 7 heteroatoms. The first kappa shape index (κ1) is 14.9. The Hall–Kier alpha value is -3.01. The Morgan fingerprint density at radius 2 is 2.13 bits per heavy atom. The fourth-order valence-electron chi connectivity index (χ4n) is 2.97. The first-order valence-corrected chi connectivity index (χ1v) is 7.04. The fraction of sp³-hybridized carbons (Fsp3) is 0.312.